The van der Waals surface area contributed by atoms with Gasteiger partial charge in [0.25, 0.3) is 5.91 Å². The summed E-state index contributed by atoms with van der Waals surface area (Å²) in [5, 5.41) is 15.0. The Labute approximate surface area is 209 Å². The van der Waals surface area contributed by atoms with Crippen LogP contribution in [0.5, 0.6) is 0 Å². The quantitative estimate of drug-likeness (QED) is 0.348. The molecule has 0 saturated heterocycles. The first-order chi connectivity index (χ1) is 16.9. The molecule has 0 atom stereocenters. The SMILES string of the molecule is Cc1cccc(NC(=O)CSc2nnc(CNC(=O)c3ccc(C)c(C)c3)n2-c2ccccc2)c1. The Bertz CT molecular complexity index is 1350. The first-order valence-electron chi connectivity index (χ1n) is 11.2. The van der Waals surface area contributed by atoms with Crippen molar-refractivity contribution in [3.8, 4) is 5.69 Å². The van der Waals surface area contributed by atoms with Crippen LogP contribution in [0.4, 0.5) is 5.69 Å². The third-order valence-corrected chi connectivity index (χ3v) is 6.45. The first kappa shape index (κ1) is 24.2. The van der Waals surface area contributed by atoms with Crippen molar-refractivity contribution in [1.82, 2.24) is 20.1 Å². The number of carbonyl (C=O) groups is 2. The third kappa shape index (κ3) is 6.16. The molecule has 2 N–H and O–H groups in total. The molecule has 0 saturated carbocycles. The minimum absolute atomic E-state index is 0.132. The summed E-state index contributed by atoms with van der Waals surface area (Å²) in [6, 6.07) is 22.9. The zero-order chi connectivity index (χ0) is 24.8. The Hall–Kier alpha value is -3.91. The van der Waals surface area contributed by atoms with Gasteiger partial charge in [-0.3, -0.25) is 14.2 Å². The molecule has 0 unspecified atom stereocenters. The summed E-state index contributed by atoms with van der Waals surface area (Å²) in [5.74, 6) is 0.443. The van der Waals surface area contributed by atoms with Gasteiger partial charge in [-0.1, -0.05) is 48.2 Å². The highest BCUT2D eigenvalue weighted by atomic mass is 32.2. The summed E-state index contributed by atoms with van der Waals surface area (Å²) in [4.78, 5) is 25.3. The highest BCUT2D eigenvalue weighted by Gasteiger charge is 2.17. The van der Waals surface area contributed by atoms with Crippen molar-refractivity contribution in [1.29, 1.82) is 0 Å². The van der Waals surface area contributed by atoms with Crippen LogP contribution in [0.1, 0.15) is 32.9 Å². The fourth-order valence-corrected chi connectivity index (χ4v) is 4.31. The minimum Gasteiger partial charge on any atom is -0.345 e. The maximum atomic E-state index is 12.7. The van der Waals surface area contributed by atoms with Crippen molar-refractivity contribution in [3.63, 3.8) is 0 Å². The van der Waals surface area contributed by atoms with Crippen LogP contribution in [-0.4, -0.2) is 32.3 Å². The Balaban J connectivity index is 1.48. The second-order valence-corrected chi connectivity index (χ2v) is 9.20. The molecule has 0 aliphatic carbocycles. The number of benzene rings is 3. The van der Waals surface area contributed by atoms with E-state index in [0.29, 0.717) is 16.5 Å². The molecule has 2 amide bonds. The van der Waals surface area contributed by atoms with Crippen molar-refractivity contribution in [2.24, 2.45) is 0 Å². The molecule has 35 heavy (non-hydrogen) atoms. The number of rotatable bonds is 8. The highest BCUT2D eigenvalue weighted by Crippen LogP contribution is 2.23. The van der Waals surface area contributed by atoms with Crippen molar-refractivity contribution in [2.75, 3.05) is 11.1 Å². The zero-order valence-corrected chi connectivity index (χ0v) is 20.7. The first-order valence-corrected chi connectivity index (χ1v) is 12.2. The maximum absolute atomic E-state index is 12.7. The van der Waals surface area contributed by atoms with Crippen LogP contribution in [0.3, 0.4) is 0 Å². The summed E-state index contributed by atoms with van der Waals surface area (Å²) < 4.78 is 1.87. The van der Waals surface area contributed by atoms with Gasteiger partial charge in [0.15, 0.2) is 11.0 Å². The van der Waals surface area contributed by atoms with Gasteiger partial charge < -0.3 is 10.6 Å². The normalized spacial score (nSPS) is 10.7. The molecule has 1 aromatic heterocycles. The van der Waals surface area contributed by atoms with Gasteiger partial charge in [0.1, 0.15) is 0 Å². The second-order valence-electron chi connectivity index (χ2n) is 8.26. The van der Waals surface area contributed by atoms with Crippen LogP contribution in [0.2, 0.25) is 0 Å². The Kier molecular flexibility index (Phi) is 7.62. The molecule has 0 fully saturated rings. The van der Waals surface area contributed by atoms with E-state index in [1.807, 2.05) is 98.1 Å². The summed E-state index contributed by atoms with van der Waals surface area (Å²) in [6.07, 6.45) is 0. The van der Waals surface area contributed by atoms with Crippen LogP contribution < -0.4 is 10.6 Å². The fraction of sp³-hybridized carbons (Fsp3) is 0.185. The van der Waals surface area contributed by atoms with Crippen molar-refractivity contribution < 1.29 is 9.59 Å². The van der Waals surface area contributed by atoms with Gasteiger partial charge in [-0.2, -0.15) is 0 Å². The van der Waals surface area contributed by atoms with Gasteiger partial charge >= 0.3 is 0 Å². The number of hydrogen-bond donors (Lipinski definition) is 2. The highest BCUT2D eigenvalue weighted by molar-refractivity contribution is 7.99. The molecule has 7 nitrogen and oxygen atoms in total. The molecule has 0 aliphatic rings. The van der Waals surface area contributed by atoms with Crippen molar-refractivity contribution in [2.45, 2.75) is 32.5 Å². The molecule has 0 radical (unpaired) electrons. The van der Waals surface area contributed by atoms with E-state index in [1.165, 1.54) is 11.8 Å². The molecule has 8 heteroatoms. The van der Waals surface area contributed by atoms with E-state index in [4.69, 9.17) is 0 Å². The number of carbonyl (C=O) groups excluding carboxylic acids is 2. The average Bonchev–Trinajstić information content (AvgIpc) is 3.26. The van der Waals surface area contributed by atoms with Gasteiger partial charge in [-0.15, -0.1) is 10.2 Å². The van der Waals surface area contributed by atoms with Gasteiger partial charge in [-0.05, 0) is 73.9 Å². The number of aryl methyl sites for hydroxylation is 3. The van der Waals surface area contributed by atoms with Crippen LogP contribution in [0.25, 0.3) is 5.69 Å². The standard InChI is InChI=1S/C27H27N5O2S/c1-18-8-7-9-22(14-18)29-25(33)17-35-27-31-30-24(32(27)23-10-5-4-6-11-23)16-28-26(34)21-13-12-19(2)20(3)15-21/h4-15H,16-17H2,1-3H3,(H,28,34)(H,29,33). The molecule has 0 aliphatic heterocycles. The molecular weight excluding hydrogens is 458 g/mol. The molecule has 0 spiro atoms. The van der Waals surface area contributed by atoms with E-state index in [9.17, 15) is 9.59 Å². The number of thioether (sulfide) groups is 1. The monoisotopic (exact) mass is 485 g/mol. The van der Waals surface area contributed by atoms with Crippen LogP contribution in [0.15, 0.2) is 78.0 Å². The summed E-state index contributed by atoms with van der Waals surface area (Å²) in [6.45, 7) is 6.17. The van der Waals surface area contributed by atoms with Crippen molar-refractivity contribution >= 4 is 29.3 Å². The smallest absolute Gasteiger partial charge is 0.251 e. The summed E-state index contributed by atoms with van der Waals surface area (Å²) in [7, 11) is 0. The topological polar surface area (TPSA) is 88.9 Å². The Morgan fingerprint density at radius 1 is 0.886 bits per heavy atom. The number of nitrogens with zero attached hydrogens (tertiary/aromatic N) is 3. The largest absolute Gasteiger partial charge is 0.345 e. The van der Waals surface area contributed by atoms with Crippen LogP contribution in [-0.2, 0) is 11.3 Å². The number of para-hydroxylation sites is 1. The molecule has 3 aromatic carbocycles. The number of anilines is 1. The Morgan fingerprint density at radius 2 is 1.69 bits per heavy atom. The number of amides is 2. The van der Waals surface area contributed by atoms with E-state index in [0.717, 1.165) is 28.1 Å². The Morgan fingerprint density at radius 3 is 2.43 bits per heavy atom. The molecule has 0 bridgehead atoms. The zero-order valence-electron chi connectivity index (χ0n) is 19.9. The predicted octanol–water partition coefficient (Wildman–Crippen LogP) is 4.85. The minimum atomic E-state index is -0.178. The molecule has 1 heterocycles. The summed E-state index contributed by atoms with van der Waals surface area (Å²) >= 11 is 1.29. The van der Waals surface area contributed by atoms with Crippen molar-refractivity contribution in [3.05, 3.63) is 101 Å². The molecular formula is C27H27N5O2S. The lowest BCUT2D eigenvalue weighted by Crippen LogP contribution is -2.24. The molecule has 178 valence electrons. The van der Waals surface area contributed by atoms with Crippen LogP contribution in [0, 0.1) is 20.8 Å². The summed E-state index contributed by atoms with van der Waals surface area (Å²) in [5.41, 5.74) is 5.49. The lowest BCUT2D eigenvalue weighted by Gasteiger charge is -2.11. The number of nitrogens with one attached hydrogen (secondary N) is 2. The number of aromatic nitrogens is 3. The van der Waals surface area contributed by atoms with E-state index >= 15 is 0 Å². The van der Waals surface area contributed by atoms with E-state index in [-0.39, 0.29) is 24.1 Å². The molecule has 4 aromatic rings. The van der Waals surface area contributed by atoms with Gasteiger partial charge in [0, 0.05) is 16.9 Å². The third-order valence-electron chi connectivity index (χ3n) is 5.53. The van der Waals surface area contributed by atoms with E-state index in [1.54, 1.807) is 0 Å². The fourth-order valence-electron chi connectivity index (χ4n) is 3.54. The predicted molar refractivity (Wildman–Crippen MR) is 139 cm³/mol. The lowest BCUT2D eigenvalue weighted by molar-refractivity contribution is -0.113. The maximum Gasteiger partial charge on any atom is 0.251 e. The van der Waals surface area contributed by atoms with Crippen LogP contribution >= 0.6 is 11.8 Å². The van der Waals surface area contributed by atoms with E-state index in [2.05, 4.69) is 20.8 Å². The second kappa shape index (κ2) is 11.0. The van der Waals surface area contributed by atoms with E-state index < -0.39 is 0 Å². The van der Waals surface area contributed by atoms with Gasteiger partial charge in [0.2, 0.25) is 5.91 Å². The average molecular weight is 486 g/mol. The number of hydrogen-bond acceptors (Lipinski definition) is 5. The molecule has 4 rings (SSSR count). The van der Waals surface area contributed by atoms with Gasteiger partial charge in [-0.25, -0.2) is 0 Å². The van der Waals surface area contributed by atoms with Gasteiger partial charge in [0.05, 0.1) is 12.3 Å². The lowest BCUT2D eigenvalue weighted by atomic mass is 10.1.